The molecule has 2 nitrogen and oxygen atoms in total. The van der Waals surface area contributed by atoms with Gasteiger partial charge >= 0.3 is 0 Å². The maximum atomic E-state index is 6.24. The van der Waals surface area contributed by atoms with Crippen molar-refractivity contribution in [3.05, 3.63) is 57.6 Å². The first kappa shape index (κ1) is 13.9. The van der Waals surface area contributed by atoms with Crippen molar-refractivity contribution in [2.24, 2.45) is 0 Å². The Hall–Kier alpha value is -1.73. The number of likely N-dealkylation sites (N-methyl/N-ethyl adjacent to an activating group) is 1. The third-order valence-electron chi connectivity index (χ3n) is 4.07. The SMILES string of the molecule is CN1CCc2c(c3cc(Cl)sc3n2C#Cc2ccccc2)C1. The minimum Gasteiger partial charge on any atom is -0.302 e. The average molecular weight is 327 g/mol. The van der Waals surface area contributed by atoms with Crippen LogP contribution in [0.15, 0.2) is 36.4 Å². The summed E-state index contributed by atoms with van der Waals surface area (Å²) in [4.78, 5) is 3.52. The molecule has 22 heavy (non-hydrogen) atoms. The van der Waals surface area contributed by atoms with E-state index in [1.807, 2.05) is 30.3 Å². The van der Waals surface area contributed by atoms with E-state index in [-0.39, 0.29) is 0 Å². The van der Waals surface area contributed by atoms with E-state index in [1.54, 1.807) is 11.3 Å². The molecule has 2 aromatic heterocycles. The third kappa shape index (κ3) is 2.34. The molecule has 0 bridgehead atoms. The van der Waals surface area contributed by atoms with Crippen molar-refractivity contribution in [3.63, 3.8) is 0 Å². The molecular formula is C18H15ClN2S. The van der Waals surface area contributed by atoms with Crippen LogP contribution in [0.3, 0.4) is 0 Å². The topological polar surface area (TPSA) is 8.17 Å². The molecule has 0 radical (unpaired) electrons. The first-order chi connectivity index (χ1) is 10.7. The Morgan fingerprint density at radius 3 is 2.86 bits per heavy atom. The van der Waals surface area contributed by atoms with Crippen LogP contribution in [-0.2, 0) is 13.0 Å². The quantitative estimate of drug-likeness (QED) is 0.562. The molecular weight excluding hydrogens is 312 g/mol. The number of aromatic nitrogens is 1. The highest BCUT2D eigenvalue weighted by Gasteiger charge is 2.23. The Kier molecular flexibility index (Phi) is 3.46. The average Bonchev–Trinajstić information content (AvgIpc) is 3.02. The Balaban J connectivity index is 1.89. The van der Waals surface area contributed by atoms with E-state index >= 15 is 0 Å². The molecule has 0 N–H and O–H groups in total. The number of fused-ring (bicyclic) bond motifs is 3. The number of halogens is 1. The molecule has 0 amide bonds. The molecule has 4 heteroatoms. The molecule has 0 spiro atoms. The smallest absolute Gasteiger partial charge is 0.116 e. The van der Waals surface area contributed by atoms with E-state index in [4.69, 9.17) is 11.6 Å². The zero-order chi connectivity index (χ0) is 15.1. The van der Waals surface area contributed by atoms with Gasteiger partial charge in [0.05, 0.1) is 4.34 Å². The highest BCUT2D eigenvalue weighted by atomic mass is 35.5. The summed E-state index contributed by atoms with van der Waals surface area (Å²) in [6.07, 6.45) is 1.04. The molecule has 3 aromatic rings. The second-order valence-corrected chi connectivity index (χ2v) is 7.28. The van der Waals surface area contributed by atoms with Crippen molar-refractivity contribution < 1.29 is 0 Å². The fourth-order valence-corrected chi connectivity index (χ4v) is 4.22. The summed E-state index contributed by atoms with van der Waals surface area (Å²) in [7, 11) is 2.16. The zero-order valence-electron chi connectivity index (χ0n) is 12.3. The molecule has 0 fully saturated rings. The van der Waals surface area contributed by atoms with Gasteiger partial charge in [0, 0.05) is 42.2 Å². The van der Waals surface area contributed by atoms with E-state index in [0.29, 0.717) is 0 Å². The molecule has 0 unspecified atom stereocenters. The van der Waals surface area contributed by atoms with Crippen LogP contribution in [0, 0.1) is 12.0 Å². The molecule has 110 valence electrons. The van der Waals surface area contributed by atoms with Crippen molar-refractivity contribution in [2.45, 2.75) is 13.0 Å². The maximum absolute atomic E-state index is 6.24. The number of thiophene rings is 1. The summed E-state index contributed by atoms with van der Waals surface area (Å²) in [6.45, 7) is 2.05. The number of rotatable bonds is 0. The number of hydrogen-bond donors (Lipinski definition) is 0. The van der Waals surface area contributed by atoms with Crippen molar-refractivity contribution in [1.29, 1.82) is 0 Å². The first-order valence-corrected chi connectivity index (χ1v) is 8.49. The van der Waals surface area contributed by atoms with Crippen molar-refractivity contribution in [2.75, 3.05) is 13.6 Å². The van der Waals surface area contributed by atoms with Crippen LogP contribution in [0.25, 0.3) is 10.2 Å². The van der Waals surface area contributed by atoms with E-state index in [0.717, 1.165) is 29.4 Å². The maximum Gasteiger partial charge on any atom is 0.116 e. The Morgan fingerprint density at radius 2 is 2.05 bits per heavy atom. The summed E-state index contributed by atoms with van der Waals surface area (Å²) in [5, 5.41) is 1.26. The van der Waals surface area contributed by atoms with Crippen molar-refractivity contribution >= 4 is 33.2 Å². The summed E-state index contributed by atoms with van der Waals surface area (Å²) in [5.74, 6) is 3.27. The van der Waals surface area contributed by atoms with E-state index < -0.39 is 0 Å². The van der Waals surface area contributed by atoms with Gasteiger partial charge in [-0.3, -0.25) is 4.57 Å². The lowest BCUT2D eigenvalue weighted by Gasteiger charge is -2.23. The van der Waals surface area contributed by atoms with Crippen LogP contribution in [-0.4, -0.2) is 23.1 Å². The van der Waals surface area contributed by atoms with Crippen LogP contribution < -0.4 is 0 Å². The van der Waals surface area contributed by atoms with Gasteiger partial charge in [-0.25, -0.2) is 0 Å². The minimum atomic E-state index is 0.830. The molecule has 0 saturated heterocycles. The predicted molar refractivity (Wildman–Crippen MR) is 93.6 cm³/mol. The molecule has 1 aliphatic rings. The standard InChI is InChI=1S/C18H15ClN2S/c1-20-9-8-16-15(12-20)14-11-17(19)22-18(14)21(16)10-7-13-5-3-2-4-6-13/h2-6,11H,8-9,12H2,1H3. The monoisotopic (exact) mass is 326 g/mol. The minimum absolute atomic E-state index is 0.830. The highest BCUT2D eigenvalue weighted by Crippen LogP contribution is 2.37. The Bertz CT molecular complexity index is 896. The second-order valence-electron chi connectivity index (χ2n) is 5.62. The van der Waals surface area contributed by atoms with Crippen LogP contribution in [0.5, 0.6) is 0 Å². The molecule has 0 aliphatic carbocycles. The molecule has 1 aliphatic heterocycles. The van der Waals surface area contributed by atoms with Gasteiger partial charge in [0.25, 0.3) is 0 Å². The van der Waals surface area contributed by atoms with E-state index in [9.17, 15) is 0 Å². The fraction of sp³-hybridized carbons (Fsp3) is 0.222. The van der Waals surface area contributed by atoms with Gasteiger partial charge in [0.15, 0.2) is 0 Å². The van der Waals surface area contributed by atoms with Gasteiger partial charge in [-0.15, -0.1) is 11.3 Å². The summed E-state index contributed by atoms with van der Waals surface area (Å²) in [5.41, 5.74) is 3.77. The van der Waals surface area contributed by atoms with Gasteiger partial charge < -0.3 is 4.90 Å². The predicted octanol–water partition coefficient (Wildman–Crippen LogP) is 4.20. The summed E-state index contributed by atoms with van der Waals surface area (Å²) >= 11 is 7.85. The summed E-state index contributed by atoms with van der Waals surface area (Å²) in [6, 6.07) is 15.5. The van der Waals surface area contributed by atoms with E-state index in [2.05, 4.69) is 34.5 Å². The number of nitrogens with zero attached hydrogens (tertiary/aromatic N) is 2. The highest BCUT2D eigenvalue weighted by molar-refractivity contribution is 7.22. The Morgan fingerprint density at radius 1 is 1.23 bits per heavy atom. The lowest BCUT2D eigenvalue weighted by Crippen LogP contribution is -2.27. The van der Waals surface area contributed by atoms with Crippen LogP contribution in [0.2, 0.25) is 4.34 Å². The Labute approximate surface area is 138 Å². The fourth-order valence-electron chi connectivity index (χ4n) is 2.99. The second kappa shape index (κ2) is 5.48. The first-order valence-electron chi connectivity index (χ1n) is 7.29. The number of hydrogen-bond acceptors (Lipinski definition) is 2. The van der Waals surface area contributed by atoms with Gasteiger partial charge in [0.1, 0.15) is 4.83 Å². The largest absolute Gasteiger partial charge is 0.302 e. The normalized spacial score (nSPS) is 14.6. The summed E-state index contributed by atoms with van der Waals surface area (Å²) < 4.78 is 2.98. The van der Waals surface area contributed by atoms with Crippen molar-refractivity contribution in [1.82, 2.24) is 9.47 Å². The third-order valence-corrected chi connectivity index (χ3v) is 5.32. The number of benzene rings is 1. The van der Waals surface area contributed by atoms with Gasteiger partial charge in [-0.2, -0.15) is 0 Å². The van der Waals surface area contributed by atoms with E-state index in [1.165, 1.54) is 21.5 Å². The van der Waals surface area contributed by atoms with Crippen LogP contribution in [0.4, 0.5) is 0 Å². The molecule has 4 rings (SSSR count). The lowest BCUT2D eigenvalue weighted by molar-refractivity contribution is 0.311. The van der Waals surface area contributed by atoms with Gasteiger partial charge in [-0.1, -0.05) is 29.8 Å². The van der Waals surface area contributed by atoms with Crippen LogP contribution in [0.1, 0.15) is 16.8 Å². The zero-order valence-corrected chi connectivity index (χ0v) is 13.8. The lowest BCUT2D eigenvalue weighted by atomic mass is 10.1. The van der Waals surface area contributed by atoms with Gasteiger partial charge in [0.2, 0.25) is 0 Å². The van der Waals surface area contributed by atoms with Crippen molar-refractivity contribution in [3.8, 4) is 12.0 Å². The van der Waals surface area contributed by atoms with Crippen LogP contribution >= 0.6 is 22.9 Å². The molecule has 0 atom stereocenters. The van der Waals surface area contributed by atoms with Gasteiger partial charge in [-0.05, 0) is 36.7 Å². The molecule has 1 aromatic carbocycles. The molecule has 3 heterocycles. The molecule has 0 saturated carbocycles.